The molecule has 0 heterocycles. The fourth-order valence-electron chi connectivity index (χ4n) is 2.54. The van der Waals surface area contributed by atoms with Crippen LogP contribution in [0.15, 0.2) is 40.2 Å². The summed E-state index contributed by atoms with van der Waals surface area (Å²) in [6.45, 7) is 11.8. The molecule has 0 saturated heterocycles. The number of anilines is 1. The van der Waals surface area contributed by atoms with Crippen molar-refractivity contribution in [3.63, 3.8) is 0 Å². The van der Waals surface area contributed by atoms with E-state index in [1.807, 2.05) is 38.9 Å². The van der Waals surface area contributed by atoms with Gasteiger partial charge < -0.3 is 10.6 Å². The summed E-state index contributed by atoms with van der Waals surface area (Å²) in [4.78, 5) is 0. The van der Waals surface area contributed by atoms with Gasteiger partial charge in [0, 0.05) is 25.7 Å². The Hall–Kier alpha value is -1.66. The lowest BCUT2D eigenvalue weighted by atomic mass is 10.0. The summed E-state index contributed by atoms with van der Waals surface area (Å²) in [5, 5.41) is 17.2. The lowest BCUT2D eigenvalue weighted by molar-refractivity contribution is 0.304. The number of allylic oxidation sites excluding steroid dienone is 1. The molecule has 1 aromatic rings. The molecule has 0 aliphatic rings. The van der Waals surface area contributed by atoms with Crippen molar-refractivity contribution in [3.8, 4) is 0 Å². The topological polar surface area (TPSA) is 52.0 Å². The van der Waals surface area contributed by atoms with Gasteiger partial charge in [-0.05, 0) is 52.8 Å². The van der Waals surface area contributed by atoms with Crippen LogP contribution in [0.4, 0.5) is 10.1 Å². The smallest absolute Gasteiger partial charge is 0.164 e. The van der Waals surface area contributed by atoms with E-state index in [1.54, 1.807) is 18.2 Å². The molecule has 27 heavy (non-hydrogen) atoms. The van der Waals surface area contributed by atoms with Gasteiger partial charge in [0.1, 0.15) is 0 Å². The Bertz CT molecular complexity index is 635. The molecule has 0 spiro atoms. The maximum Gasteiger partial charge on any atom is 0.164 e. The molecule has 7 heteroatoms. The van der Waals surface area contributed by atoms with E-state index in [0.717, 1.165) is 18.5 Å². The maximum absolute atomic E-state index is 14.2. The standard InChI is InChI=1S/C20H33ClFN5/c1-7-14(3)18(24-19-11-9-10-17(21)20(19)22)12-13-27(6)26-25-16(5)15(4)23-8-2/h7,9-11,15-16,18,23-24H,8,12-13H2,1-6H3/b14-7+,26-25-. The highest BCUT2D eigenvalue weighted by Crippen LogP contribution is 2.24. The minimum atomic E-state index is -0.424. The molecule has 3 unspecified atom stereocenters. The molecular weight excluding hydrogens is 365 g/mol. The van der Waals surface area contributed by atoms with Crippen molar-refractivity contribution >= 4 is 17.3 Å². The van der Waals surface area contributed by atoms with Gasteiger partial charge in [0.05, 0.1) is 16.8 Å². The minimum absolute atomic E-state index is 0.0151. The SMILES string of the molecule is C/C=C(\C)C(CCN(C)/N=N\C(C)C(C)NCC)Nc1cccc(Cl)c1F. The fraction of sp³-hybridized carbons (Fsp3) is 0.600. The summed E-state index contributed by atoms with van der Waals surface area (Å²) in [5.74, 6) is -0.424. The van der Waals surface area contributed by atoms with E-state index in [9.17, 15) is 4.39 Å². The van der Waals surface area contributed by atoms with Crippen molar-refractivity contribution < 1.29 is 4.39 Å². The van der Waals surface area contributed by atoms with Gasteiger partial charge in [-0.2, -0.15) is 5.11 Å². The van der Waals surface area contributed by atoms with Gasteiger partial charge >= 0.3 is 0 Å². The monoisotopic (exact) mass is 397 g/mol. The first-order valence-electron chi connectivity index (χ1n) is 9.48. The molecule has 5 nitrogen and oxygen atoms in total. The van der Waals surface area contributed by atoms with Crippen molar-refractivity contribution in [2.75, 3.05) is 25.5 Å². The second-order valence-electron chi connectivity index (χ2n) is 6.79. The molecule has 2 N–H and O–H groups in total. The molecular formula is C20H33ClFN5. The van der Waals surface area contributed by atoms with Gasteiger partial charge in [-0.1, -0.05) is 41.5 Å². The van der Waals surface area contributed by atoms with Gasteiger partial charge in [-0.3, -0.25) is 5.01 Å². The first kappa shape index (κ1) is 23.4. The van der Waals surface area contributed by atoms with E-state index in [0.29, 0.717) is 12.2 Å². The molecule has 0 aliphatic heterocycles. The Morgan fingerprint density at radius 3 is 2.70 bits per heavy atom. The number of hydrogen-bond acceptors (Lipinski definition) is 4. The summed E-state index contributed by atoms with van der Waals surface area (Å²) in [5.41, 5.74) is 1.54. The third kappa shape index (κ3) is 7.85. The highest BCUT2D eigenvalue weighted by atomic mass is 35.5. The molecule has 1 rings (SSSR count). The maximum atomic E-state index is 14.2. The van der Waals surface area contributed by atoms with Gasteiger partial charge in [-0.15, -0.1) is 0 Å². The Balaban J connectivity index is 2.69. The fourth-order valence-corrected chi connectivity index (χ4v) is 2.72. The van der Waals surface area contributed by atoms with Crippen molar-refractivity contribution in [3.05, 3.63) is 40.7 Å². The van der Waals surface area contributed by atoms with Crippen LogP contribution in [0.1, 0.15) is 41.0 Å². The number of likely N-dealkylation sites (N-methyl/N-ethyl adjacent to an activating group) is 1. The van der Waals surface area contributed by atoms with Crippen molar-refractivity contribution in [2.24, 2.45) is 10.3 Å². The van der Waals surface area contributed by atoms with Crippen molar-refractivity contribution in [1.29, 1.82) is 0 Å². The van der Waals surface area contributed by atoms with E-state index < -0.39 is 5.82 Å². The predicted octanol–water partition coefficient (Wildman–Crippen LogP) is 5.30. The van der Waals surface area contributed by atoms with Crippen LogP contribution >= 0.6 is 11.6 Å². The highest BCUT2D eigenvalue weighted by molar-refractivity contribution is 6.31. The van der Waals surface area contributed by atoms with Crippen LogP contribution in [0, 0.1) is 5.82 Å². The summed E-state index contributed by atoms with van der Waals surface area (Å²) in [6, 6.07) is 5.34. The molecule has 3 atom stereocenters. The number of halogens is 2. The highest BCUT2D eigenvalue weighted by Gasteiger charge is 2.15. The molecule has 0 radical (unpaired) electrons. The Labute approximate surface area is 168 Å². The number of nitrogens with one attached hydrogen (secondary N) is 2. The van der Waals surface area contributed by atoms with E-state index >= 15 is 0 Å². The quantitative estimate of drug-likeness (QED) is 0.302. The van der Waals surface area contributed by atoms with Crippen LogP contribution in [-0.4, -0.2) is 43.3 Å². The summed E-state index contributed by atoms with van der Waals surface area (Å²) < 4.78 is 14.2. The molecule has 1 aromatic carbocycles. The summed E-state index contributed by atoms with van der Waals surface area (Å²) in [6.07, 6.45) is 2.79. The minimum Gasteiger partial charge on any atom is -0.376 e. The zero-order valence-electron chi connectivity index (χ0n) is 17.3. The molecule has 0 fully saturated rings. The van der Waals surface area contributed by atoms with E-state index in [4.69, 9.17) is 11.6 Å². The van der Waals surface area contributed by atoms with Crippen LogP contribution in [0.2, 0.25) is 5.02 Å². The Morgan fingerprint density at radius 2 is 2.07 bits per heavy atom. The van der Waals surface area contributed by atoms with E-state index in [-0.39, 0.29) is 23.1 Å². The number of hydrogen-bond donors (Lipinski definition) is 2. The molecule has 0 aliphatic carbocycles. The second kappa shape index (κ2) is 11.9. The Morgan fingerprint density at radius 1 is 1.37 bits per heavy atom. The van der Waals surface area contributed by atoms with Crippen LogP contribution < -0.4 is 10.6 Å². The van der Waals surface area contributed by atoms with Crippen molar-refractivity contribution in [2.45, 2.75) is 59.2 Å². The van der Waals surface area contributed by atoms with Crippen LogP contribution in [0.3, 0.4) is 0 Å². The van der Waals surface area contributed by atoms with Crippen LogP contribution in [-0.2, 0) is 0 Å². The average Bonchev–Trinajstić information content (AvgIpc) is 2.65. The first-order chi connectivity index (χ1) is 12.8. The Kier molecular flexibility index (Phi) is 10.3. The number of benzene rings is 1. The van der Waals surface area contributed by atoms with Crippen LogP contribution in [0.25, 0.3) is 0 Å². The number of nitrogens with zero attached hydrogens (tertiary/aromatic N) is 3. The normalized spacial score (nSPS) is 15.6. The molecule has 0 saturated carbocycles. The lowest BCUT2D eigenvalue weighted by Gasteiger charge is -2.23. The number of rotatable bonds is 11. The van der Waals surface area contributed by atoms with Crippen LogP contribution in [0.5, 0.6) is 0 Å². The summed E-state index contributed by atoms with van der Waals surface area (Å²) >= 11 is 5.89. The van der Waals surface area contributed by atoms with E-state index in [1.165, 1.54) is 0 Å². The first-order valence-corrected chi connectivity index (χ1v) is 9.86. The lowest BCUT2D eigenvalue weighted by Crippen LogP contribution is -2.34. The summed E-state index contributed by atoms with van der Waals surface area (Å²) in [7, 11) is 1.90. The van der Waals surface area contributed by atoms with Gasteiger partial charge in [0.15, 0.2) is 5.82 Å². The van der Waals surface area contributed by atoms with Gasteiger partial charge in [-0.25, -0.2) is 4.39 Å². The average molecular weight is 398 g/mol. The van der Waals surface area contributed by atoms with Crippen molar-refractivity contribution in [1.82, 2.24) is 10.3 Å². The second-order valence-corrected chi connectivity index (χ2v) is 7.20. The predicted molar refractivity (Wildman–Crippen MR) is 113 cm³/mol. The van der Waals surface area contributed by atoms with Gasteiger partial charge in [0.25, 0.3) is 0 Å². The third-order valence-electron chi connectivity index (χ3n) is 4.66. The third-order valence-corrected chi connectivity index (χ3v) is 4.96. The largest absolute Gasteiger partial charge is 0.376 e. The van der Waals surface area contributed by atoms with E-state index in [2.05, 4.69) is 34.8 Å². The molecule has 0 bridgehead atoms. The molecule has 152 valence electrons. The molecule has 0 aromatic heterocycles. The van der Waals surface area contributed by atoms with Gasteiger partial charge in [0.2, 0.25) is 0 Å². The molecule has 0 amide bonds. The zero-order valence-corrected chi connectivity index (χ0v) is 18.0. The zero-order chi connectivity index (χ0) is 20.4.